The second-order valence-corrected chi connectivity index (χ2v) is 10.3. The van der Waals surface area contributed by atoms with Crippen LogP contribution in [0.15, 0.2) is 144 Å². The van der Waals surface area contributed by atoms with Gasteiger partial charge in [0.05, 0.1) is 5.92 Å². The SMILES string of the molecule is O=C(O)C(C=Cc1ccc(-c2ccc(-c3c(Cc4ccccc4)oc4ccccc34)cc2)cc1)Cc1ccccc1. The Bertz CT molecular complexity index is 1780. The Balaban J connectivity index is 1.22. The zero-order valence-corrected chi connectivity index (χ0v) is 22.6. The molecule has 0 spiro atoms. The summed E-state index contributed by atoms with van der Waals surface area (Å²) in [7, 11) is 0. The molecule has 0 aliphatic carbocycles. The lowest BCUT2D eigenvalue weighted by Crippen LogP contribution is -2.13. The quantitative estimate of drug-likeness (QED) is 0.201. The number of hydrogen-bond acceptors (Lipinski definition) is 2. The Morgan fingerprint density at radius 2 is 1.22 bits per heavy atom. The highest BCUT2D eigenvalue weighted by molar-refractivity contribution is 5.96. The molecule has 0 saturated carbocycles. The van der Waals surface area contributed by atoms with Crippen LogP contribution in [0.4, 0.5) is 0 Å². The highest BCUT2D eigenvalue weighted by Gasteiger charge is 2.17. The maximum atomic E-state index is 11.8. The minimum Gasteiger partial charge on any atom is -0.481 e. The number of benzene rings is 5. The lowest BCUT2D eigenvalue weighted by Gasteiger charge is -2.08. The van der Waals surface area contributed by atoms with Crippen molar-refractivity contribution in [1.82, 2.24) is 0 Å². The molecule has 3 nitrogen and oxygen atoms in total. The highest BCUT2D eigenvalue weighted by atomic mass is 16.4. The van der Waals surface area contributed by atoms with E-state index in [4.69, 9.17) is 4.42 Å². The molecular formula is C38H30O3. The number of para-hydroxylation sites is 1. The average molecular weight is 535 g/mol. The van der Waals surface area contributed by atoms with Gasteiger partial charge in [-0.05, 0) is 45.9 Å². The minimum atomic E-state index is -0.820. The van der Waals surface area contributed by atoms with Gasteiger partial charge in [0, 0.05) is 17.4 Å². The third-order valence-electron chi connectivity index (χ3n) is 7.43. The van der Waals surface area contributed by atoms with Crippen LogP contribution in [0, 0.1) is 5.92 Å². The van der Waals surface area contributed by atoms with Crippen LogP contribution in [0.3, 0.4) is 0 Å². The summed E-state index contributed by atoms with van der Waals surface area (Å²) in [5.41, 5.74) is 8.59. The first kappa shape index (κ1) is 26.1. The summed E-state index contributed by atoms with van der Waals surface area (Å²) < 4.78 is 6.33. The third kappa shape index (κ3) is 6.05. The van der Waals surface area contributed by atoms with Gasteiger partial charge in [0.25, 0.3) is 0 Å². The smallest absolute Gasteiger partial charge is 0.310 e. The predicted octanol–water partition coefficient (Wildman–Crippen LogP) is 9.31. The molecule has 0 aliphatic rings. The molecule has 0 aliphatic heterocycles. The summed E-state index contributed by atoms with van der Waals surface area (Å²) in [6.07, 6.45) is 4.88. The molecular weight excluding hydrogens is 504 g/mol. The fourth-order valence-corrected chi connectivity index (χ4v) is 5.27. The van der Waals surface area contributed by atoms with Crippen molar-refractivity contribution in [1.29, 1.82) is 0 Å². The maximum Gasteiger partial charge on any atom is 0.310 e. The van der Waals surface area contributed by atoms with E-state index in [9.17, 15) is 9.90 Å². The third-order valence-corrected chi connectivity index (χ3v) is 7.43. The van der Waals surface area contributed by atoms with Gasteiger partial charge in [-0.15, -0.1) is 0 Å². The summed E-state index contributed by atoms with van der Waals surface area (Å²) in [6, 6.07) is 45.2. The van der Waals surface area contributed by atoms with Gasteiger partial charge in [0.2, 0.25) is 0 Å². The van der Waals surface area contributed by atoms with Crippen molar-refractivity contribution in [2.45, 2.75) is 12.8 Å². The van der Waals surface area contributed by atoms with Gasteiger partial charge >= 0.3 is 5.97 Å². The van der Waals surface area contributed by atoms with E-state index in [1.165, 1.54) is 5.56 Å². The highest BCUT2D eigenvalue weighted by Crippen LogP contribution is 2.37. The van der Waals surface area contributed by atoms with E-state index < -0.39 is 11.9 Å². The van der Waals surface area contributed by atoms with Crippen molar-refractivity contribution < 1.29 is 14.3 Å². The Kier molecular flexibility index (Phi) is 7.59. The zero-order chi connectivity index (χ0) is 28.0. The molecule has 0 amide bonds. The van der Waals surface area contributed by atoms with E-state index in [2.05, 4.69) is 72.8 Å². The molecule has 1 N–H and O–H groups in total. The predicted molar refractivity (Wildman–Crippen MR) is 167 cm³/mol. The second-order valence-electron chi connectivity index (χ2n) is 10.3. The summed E-state index contributed by atoms with van der Waals surface area (Å²) in [4.78, 5) is 11.8. The largest absolute Gasteiger partial charge is 0.481 e. The number of hydrogen-bond donors (Lipinski definition) is 1. The molecule has 6 aromatic rings. The number of carboxylic acid groups (broad SMARTS) is 1. The molecule has 0 saturated heterocycles. The number of rotatable bonds is 9. The fourth-order valence-electron chi connectivity index (χ4n) is 5.27. The summed E-state index contributed by atoms with van der Waals surface area (Å²) in [6.45, 7) is 0. The van der Waals surface area contributed by atoms with Gasteiger partial charge in [0.1, 0.15) is 11.3 Å². The van der Waals surface area contributed by atoms with Gasteiger partial charge < -0.3 is 9.52 Å². The van der Waals surface area contributed by atoms with Crippen molar-refractivity contribution in [3.8, 4) is 22.3 Å². The Morgan fingerprint density at radius 3 is 1.88 bits per heavy atom. The van der Waals surface area contributed by atoms with Crippen LogP contribution in [0.5, 0.6) is 0 Å². The van der Waals surface area contributed by atoms with Gasteiger partial charge in [-0.2, -0.15) is 0 Å². The first-order valence-electron chi connectivity index (χ1n) is 13.8. The summed E-state index contributed by atoms with van der Waals surface area (Å²) >= 11 is 0. The molecule has 1 aromatic heterocycles. The van der Waals surface area contributed by atoms with Crippen LogP contribution in [-0.4, -0.2) is 11.1 Å². The fraction of sp³-hybridized carbons (Fsp3) is 0.0789. The average Bonchev–Trinajstić information content (AvgIpc) is 3.38. The summed E-state index contributed by atoms with van der Waals surface area (Å²) in [5, 5.41) is 10.8. The molecule has 1 unspecified atom stereocenters. The lowest BCUT2D eigenvalue weighted by molar-refractivity contribution is -0.140. The second kappa shape index (κ2) is 11.9. The van der Waals surface area contributed by atoms with Crippen LogP contribution >= 0.6 is 0 Å². The number of fused-ring (bicyclic) bond motifs is 1. The van der Waals surface area contributed by atoms with E-state index in [1.54, 1.807) is 6.08 Å². The van der Waals surface area contributed by atoms with Gasteiger partial charge in [0.15, 0.2) is 0 Å². The van der Waals surface area contributed by atoms with Crippen molar-refractivity contribution in [2.24, 2.45) is 5.92 Å². The number of carboxylic acids is 1. The maximum absolute atomic E-state index is 11.8. The Hall–Kier alpha value is -5.15. The van der Waals surface area contributed by atoms with E-state index in [0.717, 1.165) is 56.5 Å². The molecule has 200 valence electrons. The molecule has 5 aromatic carbocycles. The molecule has 6 rings (SSSR count). The lowest BCUT2D eigenvalue weighted by atomic mass is 9.96. The van der Waals surface area contributed by atoms with Crippen molar-refractivity contribution in [3.05, 3.63) is 162 Å². The van der Waals surface area contributed by atoms with Crippen LogP contribution in [0.1, 0.15) is 22.5 Å². The Morgan fingerprint density at radius 1 is 0.659 bits per heavy atom. The Labute approximate surface area is 240 Å². The topological polar surface area (TPSA) is 50.4 Å². The van der Waals surface area contributed by atoms with E-state index >= 15 is 0 Å². The van der Waals surface area contributed by atoms with E-state index in [0.29, 0.717) is 6.42 Å². The summed E-state index contributed by atoms with van der Waals surface area (Å²) in [5.74, 6) is -0.428. The van der Waals surface area contributed by atoms with Gasteiger partial charge in [-0.3, -0.25) is 4.79 Å². The molecule has 1 atom stereocenters. The van der Waals surface area contributed by atoms with Gasteiger partial charge in [-0.1, -0.05) is 140 Å². The van der Waals surface area contributed by atoms with Crippen molar-refractivity contribution in [2.75, 3.05) is 0 Å². The number of carbonyl (C=O) groups is 1. The van der Waals surface area contributed by atoms with Crippen LogP contribution in [0.25, 0.3) is 39.3 Å². The standard InChI is InChI=1S/C38H30O3/c39-38(40)33(25-28-9-3-1-4-10-28)20-17-27-15-18-30(19-16-27)31-21-23-32(24-22-31)37-34-13-7-8-14-35(34)41-36(37)26-29-11-5-2-6-12-29/h1-24,33H,25-26H2,(H,39,40). The molecule has 0 fully saturated rings. The first-order valence-corrected chi connectivity index (χ1v) is 13.8. The number of furan rings is 1. The number of aliphatic carboxylic acids is 1. The molecule has 3 heteroatoms. The monoisotopic (exact) mass is 534 g/mol. The van der Waals surface area contributed by atoms with Crippen LogP contribution < -0.4 is 0 Å². The normalized spacial score (nSPS) is 12.1. The van der Waals surface area contributed by atoms with Crippen LogP contribution in [0.2, 0.25) is 0 Å². The van der Waals surface area contributed by atoms with Crippen molar-refractivity contribution in [3.63, 3.8) is 0 Å². The molecule has 0 bridgehead atoms. The van der Waals surface area contributed by atoms with Crippen LogP contribution in [-0.2, 0) is 17.6 Å². The molecule has 41 heavy (non-hydrogen) atoms. The first-order chi connectivity index (χ1) is 20.1. The zero-order valence-electron chi connectivity index (χ0n) is 22.6. The molecule has 1 heterocycles. The minimum absolute atomic E-state index is 0.468. The van der Waals surface area contributed by atoms with Crippen molar-refractivity contribution >= 4 is 23.0 Å². The van der Waals surface area contributed by atoms with E-state index in [-0.39, 0.29) is 0 Å². The van der Waals surface area contributed by atoms with Gasteiger partial charge in [-0.25, -0.2) is 0 Å². The van der Waals surface area contributed by atoms with E-state index in [1.807, 2.05) is 66.7 Å². The molecule has 0 radical (unpaired) electrons.